The monoisotopic (exact) mass is 619 g/mol. The van der Waals surface area contributed by atoms with Crippen LogP contribution in [0.5, 0.6) is 5.75 Å². The molecular formula is C31H33F4N3O4S. The van der Waals surface area contributed by atoms with Crippen LogP contribution in [0, 0.1) is 11.7 Å². The molecule has 12 heteroatoms. The quantitative estimate of drug-likeness (QED) is 0.329. The first kappa shape index (κ1) is 30.8. The Morgan fingerprint density at radius 2 is 1.58 bits per heavy atom. The molecule has 3 aromatic carbocycles. The van der Waals surface area contributed by atoms with E-state index in [4.69, 9.17) is 4.74 Å². The highest BCUT2D eigenvalue weighted by Crippen LogP contribution is 2.36. The molecule has 7 nitrogen and oxygen atoms in total. The average Bonchev–Trinajstić information content (AvgIpc) is 3.00. The van der Waals surface area contributed by atoms with Gasteiger partial charge in [0.05, 0.1) is 28.8 Å². The van der Waals surface area contributed by atoms with Gasteiger partial charge in [-0.1, -0.05) is 30.3 Å². The molecule has 0 N–H and O–H groups in total. The van der Waals surface area contributed by atoms with E-state index in [0.717, 1.165) is 19.3 Å². The number of amides is 1. The third-order valence-electron chi connectivity index (χ3n) is 8.15. The lowest BCUT2D eigenvalue weighted by Gasteiger charge is -2.37. The van der Waals surface area contributed by atoms with Crippen molar-refractivity contribution in [2.75, 3.05) is 51.3 Å². The first-order valence-corrected chi connectivity index (χ1v) is 15.5. The lowest BCUT2D eigenvalue weighted by atomic mass is 9.91. The summed E-state index contributed by atoms with van der Waals surface area (Å²) >= 11 is 0. The Bertz CT molecular complexity index is 1550. The van der Waals surface area contributed by atoms with E-state index in [9.17, 15) is 30.8 Å². The van der Waals surface area contributed by atoms with E-state index in [0.29, 0.717) is 48.6 Å². The summed E-state index contributed by atoms with van der Waals surface area (Å²) in [4.78, 5) is 16.2. The molecule has 2 fully saturated rings. The molecule has 230 valence electrons. The van der Waals surface area contributed by atoms with Crippen molar-refractivity contribution in [1.82, 2.24) is 9.21 Å². The number of carbonyl (C=O) groups is 1. The molecule has 0 saturated carbocycles. The maximum Gasteiger partial charge on any atom is 0.417 e. The number of methoxy groups -OCH3 is 1. The van der Waals surface area contributed by atoms with Crippen LogP contribution in [0.3, 0.4) is 0 Å². The predicted molar refractivity (Wildman–Crippen MR) is 154 cm³/mol. The molecule has 0 aliphatic carbocycles. The Balaban J connectivity index is 1.27. The second kappa shape index (κ2) is 12.5. The first-order valence-electron chi connectivity index (χ1n) is 14.1. The molecule has 0 atom stereocenters. The normalized spacial score (nSPS) is 17.2. The summed E-state index contributed by atoms with van der Waals surface area (Å²) in [7, 11) is -2.32. The summed E-state index contributed by atoms with van der Waals surface area (Å²) in [6.07, 6.45) is -2.38. The van der Waals surface area contributed by atoms with Gasteiger partial charge in [0.25, 0.3) is 5.91 Å². The van der Waals surface area contributed by atoms with Gasteiger partial charge in [-0.15, -0.1) is 0 Å². The molecule has 2 aliphatic rings. The van der Waals surface area contributed by atoms with Crippen LogP contribution in [-0.4, -0.2) is 69.9 Å². The zero-order chi connectivity index (χ0) is 30.8. The maximum atomic E-state index is 13.8. The topological polar surface area (TPSA) is 70.2 Å². The van der Waals surface area contributed by atoms with Gasteiger partial charge in [-0.05, 0) is 67.1 Å². The Kier molecular flexibility index (Phi) is 8.98. The van der Waals surface area contributed by atoms with E-state index >= 15 is 0 Å². The van der Waals surface area contributed by atoms with E-state index in [1.807, 2.05) is 23.1 Å². The molecule has 43 heavy (non-hydrogen) atoms. The SMILES string of the molecule is COc1ccc(S(=O)(=O)N2CCC(Cc3ccccc3)CC2)cc1N1CCN(C(=O)c2cc(F)ccc2C(F)(F)F)CC1. The number of anilines is 1. The third kappa shape index (κ3) is 6.80. The second-order valence-electron chi connectivity index (χ2n) is 10.8. The fourth-order valence-electron chi connectivity index (χ4n) is 5.79. The van der Waals surface area contributed by atoms with Gasteiger partial charge in [0.15, 0.2) is 0 Å². The molecule has 1 amide bonds. The van der Waals surface area contributed by atoms with Crippen LogP contribution < -0.4 is 9.64 Å². The van der Waals surface area contributed by atoms with E-state index in [1.54, 1.807) is 12.1 Å². The Labute approximate surface area is 248 Å². The number of benzene rings is 3. The summed E-state index contributed by atoms with van der Waals surface area (Å²) < 4.78 is 88.5. The van der Waals surface area contributed by atoms with Crippen LogP contribution >= 0.6 is 0 Å². The molecule has 3 aromatic rings. The standard InChI is InChI=1S/C31H33F4N3O4S/c1-42-29-10-8-25(43(40,41)38-13-11-23(12-14-38)19-22-5-3-2-4-6-22)21-28(29)36-15-17-37(18-16-36)30(39)26-20-24(32)7-9-27(26)31(33,34)35/h2-10,20-21,23H,11-19H2,1H3. The number of ether oxygens (including phenoxy) is 1. The van der Waals surface area contributed by atoms with Crippen LogP contribution in [0.2, 0.25) is 0 Å². The highest BCUT2D eigenvalue weighted by Gasteiger charge is 2.37. The van der Waals surface area contributed by atoms with Crippen molar-refractivity contribution < 1.29 is 35.5 Å². The number of nitrogens with zero attached hydrogens (tertiary/aromatic N) is 3. The number of rotatable bonds is 7. The summed E-state index contributed by atoms with van der Waals surface area (Å²) in [6.45, 7) is 1.38. The summed E-state index contributed by atoms with van der Waals surface area (Å²) in [5.74, 6) is -1.01. The molecule has 2 aliphatic heterocycles. The minimum absolute atomic E-state index is 0.0572. The fraction of sp³-hybridized carbons (Fsp3) is 0.387. The Morgan fingerprint density at radius 1 is 0.907 bits per heavy atom. The number of sulfonamides is 1. The lowest BCUT2D eigenvalue weighted by Crippen LogP contribution is -2.49. The third-order valence-corrected chi connectivity index (χ3v) is 10.0. The second-order valence-corrected chi connectivity index (χ2v) is 12.8. The molecule has 0 bridgehead atoms. The molecule has 2 heterocycles. The van der Waals surface area contributed by atoms with Gasteiger partial charge in [0.1, 0.15) is 11.6 Å². The van der Waals surface area contributed by atoms with Crippen LogP contribution in [0.25, 0.3) is 0 Å². The number of carbonyl (C=O) groups excluding carboxylic acids is 1. The average molecular weight is 620 g/mol. The molecule has 0 unspecified atom stereocenters. The van der Waals surface area contributed by atoms with Gasteiger partial charge in [0, 0.05) is 39.3 Å². The van der Waals surface area contributed by atoms with Crippen molar-refractivity contribution in [3.05, 3.63) is 89.2 Å². The van der Waals surface area contributed by atoms with Crippen molar-refractivity contribution in [3.63, 3.8) is 0 Å². The van der Waals surface area contributed by atoms with Crippen molar-refractivity contribution >= 4 is 21.6 Å². The number of hydrogen-bond acceptors (Lipinski definition) is 5. The molecule has 0 radical (unpaired) electrons. The highest BCUT2D eigenvalue weighted by molar-refractivity contribution is 7.89. The van der Waals surface area contributed by atoms with E-state index < -0.39 is 39.1 Å². The number of hydrogen-bond donors (Lipinski definition) is 0. The number of piperidine rings is 1. The van der Waals surface area contributed by atoms with Gasteiger partial charge in [-0.3, -0.25) is 4.79 Å². The maximum absolute atomic E-state index is 13.8. The molecule has 2 saturated heterocycles. The highest BCUT2D eigenvalue weighted by atomic mass is 32.2. The number of piperazine rings is 1. The van der Waals surface area contributed by atoms with Crippen LogP contribution in [0.4, 0.5) is 23.2 Å². The van der Waals surface area contributed by atoms with Crippen molar-refractivity contribution in [2.24, 2.45) is 5.92 Å². The van der Waals surface area contributed by atoms with Gasteiger partial charge >= 0.3 is 6.18 Å². The van der Waals surface area contributed by atoms with E-state index in [1.165, 1.54) is 27.9 Å². The van der Waals surface area contributed by atoms with Crippen LogP contribution in [-0.2, 0) is 22.6 Å². The summed E-state index contributed by atoms with van der Waals surface area (Å²) in [5.41, 5.74) is -0.178. The van der Waals surface area contributed by atoms with E-state index in [-0.39, 0.29) is 31.1 Å². The zero-order valence-corrected chi connectivity index (χ0v) is 24.5. The predicted octanol–water partition coefficient (Wildman–Crippen LogP) is 5.46. The largest absolute Gasteiger partial charge is 0.495 e. The summed E-state index contributed by atoms with van der Waals surface area (Å²) in [6, 6.07) is 16.7. The first-order chi connectivity index (χ1) is 20.5. The van der Waals surface area contributed by atoms with Crippen molar-refractivity contribution in [2.45, 2.75) is 30.3 Å². The zero-order valence-electron chi connectivity index (χ0n) is 23.7. The molecule has 5 rings (SSSR count). The van der Waals surface area contributed by atoms with Gasteiger partial charge in [-0.25, -0.2) is 12.8 Å². The number of alkyl halides is 3. The Morgan fingerprint density at radius 3 is 2.21 bits per heavy atom. The number of halogens is 4. The van der Waals surface area contributed by atoms with Crippen LogP contribution in [0.15, 0.2) is 71.6 Å². The van der Waals surface area contributed by atoms with Gasteiger partial charge < -0.3 is 14.5 Å². The molecule has 0 aromatic heterocycles. The fourth-order valence-corrected chi connectivity index (χ4v) is 7.28. The Hall–Kier alpha value is -3.64. The van der Waals surface area contributed by atoms with Gasteiger partial charge in [0.2, 0.25) is 10.0 Å². The minimum Gasteiger partial charge on any atom is -0.495 e. The minimum atomic E-state index is -4.81. The smallest absolute Gasteiger partial charge is 0.417 e. The van der Waals surface area contributed by atoms with Crippen molar-refractivity contribution in [3.8, 4) is 5.75 Å². The lowest BCUT2D eigenvalue weighted by molar-refractivity contribution is -0.138. The van der Waals surface area contributed by atoms with Gasteiger partial charge in [-0.2, -0.15) is 17.5 Å². The molecular weight excluding hydrogens is 586 g/mol. The van der Waals surface area contributed by atoms with Crippen LogP contribution in [0.1, 0.15) is 34.3 Å². The van der Waals surface area contributed by atoms with E-state index in [2.05, 4.69) is 12.1 Å². The molecule has 0 spiro atoms. The van der Waals surface area contributed by atoms with Crippen molar-refractivity contribution in [1.29, 1.82) is 0 Å². The summed E-state index contributed by atoms with van der Waals surface area (Å²) in [5, 5.41) is 0.